The van der Waals surface area contributed by atoms with Crippen LogP contribution in [0.25, 0.3) is 0 Å². The lowest BCUT2D eigenvalue weighted by atomic mass is 9.86. The summed E-state index contributed by atoms with van der Waals surface area (Å²) in [5.74, 6) is 0.631. The lowest BCUT2D eigenvalue weighted by molar-refractivity contribution is -0.122. The van der Waals surface area contributed by atoms with Gasteiger partial charge in [0.2, 0.25) is 11.8 Å². The van der Waals surface area contributed by atoms with Gasteiger partial charge in [0, 0.05) is 18.2 Å². The Hall–Kier alpha value is -2.66. The molecule has 0 saturated carbocycles. The van der Waals surface area contributed by atoms with Crippen molar-refractivity contribution in [1.29, 1.82) is 0 Å². The highest BCUT2D eigenvalue weighted by molar-refractivity contribution is 5.92. The smallest absolute Gasteiger partial charge is 0.227 e. The van der Waals surface area contributed by atoms with Crippen molar-refractivity contribution in [3.63, 3.8) is 0 Å². The molecule has 0 aliphatic carbocycles. The van der Waals surface area contributed by atoms with Gasteiger partial charge < -0.3 is 15.5 Å². The molecular formula is C29H41N3O2. The van der Waals surface area contributed by atoms with E-state index in [4.69, 9.17) is 0 Å². The third-order valence-corrected chi connectivity index (χ3v) is 6.98. The van der Waals surface area contributed by atoms with Gasteiger partial charge >= 0.3 is 0 Å². The van der Waals surface area contributed by atoms with E-state index in [1.165, 1.54) is 11.1 Å². The molecule has 2 aromatic carbocycles. The number of carbonyl (C=O) groups excluding carboxylic acids is 2. The summed E-state index contributed by atoms with van der Waals surface area (Å²) < 4.78 is 0. The standard InChI is InChI=1S/C29H41N3O2/c1-5-26(23-10-7-6-8-11-23)29(34)30-16-9-17-32-18-14-24(15-19-32)27-20-25(13-12-22(27)4)31-28(33)21(2)3/h6-8,10-13,20-21,24,26H,5,9,14-19H2,1-4H3,(H,30,34)(H,31,33)/t26-/m0/s1. The second-order valence-electron chi connectivity index (χ2n) is 9.85. The molecular weight excluding hydrogens is 422 g/mol. The van der Waals surface area contributed by atoms with Crippen LogP contribution in [0, 0.1) is 12.8 Å². The third kappa shape index (κ3) is 7.17. The number of nitrogens with zero attached hydrogens (tertiary/aromatic N) is 1. The molecule has 2 amide bonds. The summed E-state index contributed by atoms with van der Waals surface area (Å²) in [5, 5.41) is 6.18. The van der Waals surface area contributed by atoms with E-state index in [2.05, 4.69) is 41.5 Å². The van der Waals surface area contributed by atoms with Gasteiger partial charge in [0.15, 0.2) is 0 Å². The minimum Gasteiger partial charge on any atom is -0.356 e. The lowest BCUT2D eigenvalue weighted by Crippen LogP contribution is -2.36. The number of anilines is 1. The summed E-state index contributed by atoms with van der Waals surface area (Å²) in [6.45, 7) is 11.9. The van der Waals surface area contributed by atoms with E-state index in [9.17, 15) is 9.59 Å². The molecule has 1 aliphatic heterocycles. The maximum atomic E-state index is 12.6. The van der Waals surface area contributed by atoms with Crippen LogP contribution in [0.4, 0.5) is 5.69 Å². The Balaban J connectivity index is 1.42. The lowest BCUT2D eigenvalue weighted by Gasteiger charge is -2.33. The zero-order chi connectivity index (χ0) is 24.5. The highest BCUT2D eigenvalue weighted by atomic mass is 16.2. The SMILES string of the molecule is CC[C@H](C(=O)NCCCN1CCC(c2cc(NC(=O)C(C)C)ccc2C)CC1)c1ccccc1. The van der Waals surface area contributed by atoms with Crippen molar-refractivity contribution in [2.24, 2.45) is 5.92 Å². The fourth-order valence-corrected chi connectivity index (χ4v) is 4.81. The number of hydrogen-bond acceptors (Lipinski definition) is 3. The topological polar surface area (TPSA) is 61.4 Å². The second kappa shape index (κ2) is 12.7. The summed E-state index contributed by atoms with van der Waals surface area (Å²) in [4.78, 5) is 27.2. The molecule has 1 fully saturated rings. The van der Waals surface area contributed by atoms with Crippen LogP contribution >= 0.6 is 0 Å². The molecule has 0 spiro atoms. The number of aryl methyl sites for hydroxylation is 1. The molecule has 2 N–H and O–H groups in total. The van der Waals surface area contributed by atoms with Gasteiger partial charge in [-0.15, -0.1) is 0 Å². The number of benzene rings is 2. The molecule has 0 unspecified atom stereocenters. The average Bonchev–Trinajstić information content (AvgIpc) is 2.84. The highest BCUT2D eigenvalue weighted by Crippen LogP contribution is 2.32. The van der Waals surface area contributed by atoms with Crippen LogP contribution in [0.1, 0.15) is 75.0 Å². The minimum atomic E-state index is -0.0683. The van der Waals surface area contributed by atoms with E-state index >= 15 is 0 Å². The number of carbonyl (C=O) groups is 2. The van der Waals surface area contributed by atoms with Gasteiger partial charge in [-0.3, -0.25) is 9.59 Å². The quantitative estimate of drug-likeness (QED) is 0.459. The molecule has 0 radical (unpaired) electrons. The molecule has 3 rings (SSSR count). The van der Waals surface area contributed by atoms with Crippen LogP contribution in [0.3, 0.4) is 0 Å². The molecule has 0 aromatic heterocycles. The molecule has 1 aliphatic rings. The van der Waals surface area contributed by atoms with Gasteiger partial charge in [0.05, 0.1) is 5.92 Å². The predicted molar refractivity (Wildman–Crippen MR) is 140 cm³/mol. The molecule has 1 saturated heterocycles. The van der Waals surface area contributed by atoms with Crippen LogP contribution in [-0.4, -0.2) is 42.9 Å². The molecule has 5 heteroatoms. The van der Waals surface area contributed by atoms with Crippen molar-refractivity contribution in [2.45, 2.75) is 65.2 Å². The number of likely N-dealkylation sites (tertiary alicyclic amines) is 1. The molecule has 2 aromatic rings. The van der Waals surface area contributed by atoms with Crippen molar-refractivity contribution < 1.29 is 9.59 Å². The van der Waals surface area contributed by atoms with E-state index in [-0.39, 0.29) is 23.7 Å². The summed E-state index contributed by atoms with van der Waals surface area (Å²) in [6.07, 6.45) is 4.03. The van der Waals surface area contributed by atoms with Gasteiger partial charge in [0.1, 0.15) is 0 Å². The Morgan fingerprint density at radius 2 is 1.74 bits per heavy atom. The summed E-state index contributed by atoms with van der Waals surface area (Å²) >= 11 is 0. The van der Waals surface area contributed by atoms with Crippen molar-refractivity contribution in [1.82, 2.24) is 10.2 Å². The predicted octanol–water partition coefficient (Wildman–Crippen LogP) is 5.47. The van der Waals surface area contributed by atoms with E-state index in [0.717, 1.165) is 63.1 Å². The van der Waals surface area contributed by atoms with E-state index in [0.29, 0.717) is 5.92 Å². The Morgan fingerprint density at radius 3 is 2.38 bits per heavy atom. The van der Waals surface area contributed by atoms with Gasteiger partial charge in [-0.2, -0.15) is 0 Å². The van der Waals surface area contributed by atoms with Crippen molar-refractivity contribution in [3.05, 3.63) is 65.2 Å². The fourth-order valence-electron chi connectivity index (χ4n) is 4.81. The molecule has 34 heavy (non-hydrogen) atoms. The second-order valence-corrected chi connectivity index (χ2v) is 9.85. The monoisotopic (exact) mass is 463 g/mol. The zero-order valence-corrected chi connectivity index (χ0v) is 21.3. The normalized spacial score (nSPS) is 15.8. The van der Waals surface area contributed by atoms with Crippen molar-refractivity contribution in [3.8, 4) is 0 Å². The van der Waals surface area contributed by atoms with E-state index in [1.807, 2.05) is 50.2 Å². The Labute approximate surface area is 205 Å². The van der Waals surface area contributed by atoms with Gasteiger partial charge in [0.25, 0.3) is 0 Å². The average molecular weight is 464 g/mol. The van der Waals surface area contributed by atoms with Crippen LogP contribution in [0.15, 0.2) is 48.5 Å². The zero-order valence-electron chi connectivity index (χ0n) is 21.3. The minimum absolute atomic E-state index is 0.0241. The Bertz CT molecular complexity index is 934. The van der Waals surface area contributed by atoms with Gasteiger partial charge in [-0.25, -0.2) is 0 Å². The Morgan fingerprint density at radius 1 is 1.03 bits per heavy atom. The van der Waals surface area contributed by atoms with Crippen molar-refractivity contribution >= 4 is 17.5 Å². The van der Waals surface area contributed by atoms with E-state index < -0.39 is 0 Å². The first kappa shape index (κ1) is 26.0. The highest BCUT2D eigenvalue weighted by Gasteiger charge is 2.23. The summed E-state index contributed by atoms with van der Waals surface area (Å²) in [5.41, 5.74) is 4.65. The number of rotatable bonds is 10. The third-order valence-electron chi connectivity index (χ3n) is 6.98. The number of amides is 2. The first-order chi connectivity index (χ1) is 16.4. The number of piperidine rings is 1. The summed E-state index contributed by atoms with van der Waals surface area (Å²) in [7, 11) is 0. The van der Waals surface area contributed by atoms with Crippen molar-refractivity contribution in [2.75, 3.05) is 31.5 Å². The maximum absolute atomic E-state index is 12.6. The van der Waals surface area contributed by atoms with Gasteiger partial charge in [-0.1, -0.05) is 57.2 Å². The van der Waals surface area contributed by atoms with Crippen LogP contribution in [-0.2, 0) is 9.59 Å². The van der Waals surface area contributed by atoms with E-state index in [1.54, 1.807) is 0 Å². The maximum Gasteiger partial charge on any atom is 0.227 e. The first-order valence-corrected chi connectivity index (χ1v) is 12.9. The number of nitrogens with one attached hydrogen (secondary N) is 2. The molecule has 1 atom stereocenters. The number of hydrogen-bond donors (Lipinski definition) is 2. The molecule has 0 bridgehead atoms. The summed E-state index contributed by atoms with van der Waals surface area (Å²) in [6, 6.07) is 16.3. The van der Waals surface area contributed by atoms with Gasteiger partial charge in [-0.05, 0) is 87.0 Å². The molecule has 1 heterocycles. The first-order valence-electron chi connectivity index (χ1n) is 12.9. The Kier molecular flexibility index (Phi) is 9.70. The molecule has 5 nitrogen and oxygen atoms in total. The largest absolute Gasteiger partial charge is 0.356 e. The fraction of sp³-hybridized carbons (Fsp3) is 0.517. The van der Waals surface area contributed by atoms with Crippen LogP contribution in [0.2, 0.25) is 0 Å². The van der Waals surface area contributed by atoms with Crippen LogP contribution in [0.5, 0.6) is 0 Å². The molecule has 184 valence electrons. The van der Waals surface area contributed by atoms with Crippen LogP contribution < -0.4 is 10.6 Å².